The van der Waals surface area contributed by atoms with Crippen LogP contribution in [-0.2, 0) is 4.79 Å². The summed E-state index contributed by atoms with van der Waals surface area (Å²) in [4.78, 5) is 19.2. The molecule has 88 valence electrons. The van der Waals surface area contributed by atoms with Gasteiger partial charge < -0.3 is 10.8 Å². The van der Waals surface area contributed by atoms with Crippen molar-refractivity contribution in [3.05, 3.63) is 35.0 Å². The number of hydrogen-bond acceptors (Lipinski definition) is 5. The van der Waals surface area contributed by atoms with Gasteiger partial charge in [-0.3, -0.25) is 9.78 Å². The van der Waals surface area contributed by atoms with Gasteiger partial charge in [-0.2, -0.15) is 0 Å². The van der Waals surface area contributed by atoms with Gasteiger partial charge in [0, 0.05) is 11.1 Å². The average molecular weight is 249 g/mol. The topological polar surface area (TPSA) is 89.1 Å². The lowest BCUT2D eigenvalue weighted by molar-refractivity contribution is -0.138. The van der Waals surface area contributed by atoms with E-state index in [0.717, 1.165) is 11.4 Å². The van der Waals surface area contributed by atoms with Crippen LogP contribution < -0.4 is 5.73 Å². The van der Waals surface area contributed by atoms with E-state index in [0.29, 0.717) is 10.7 Å². The lowest BCUT2D eigenvalue weighted by Gasteiger charge is -2.00. The van der Waals surface area contributed by atoms with E-state index in [1.807, 2.05) is 25.1 Å². The predicted octanol–water partition coefficient (Wildman–Crippen LogP) is 1.60. The molecule has 1 atom stereocenters. The molecule has 2 aromatic rings. The Morgan fingerprint density at radius 3 is 2.88 bits per heavy atom. The number of rotatable bonds is 3. The molecule has 0 saturated heterocycles. The average Bonchev–Trinajstić information content (AvgIpc) is 2.77. The molecule has 0 aliphatic heterocycles. The van der Waals surface area contributed by atoms with E-state index < -0.39 is 12.0 Å². The van der Waals surface area contributed by atoms with E-state index in [1.165, 1.54) is 11.3 Å². The molecule has 0 bridgehead atoms. The second-order valence-electron chi connectivity index (χ2n) is 3.56. The number of carboxylic acids is 1. The fourth-order valence-corrected chi connectivity index (χ4v) is 2.16. The van der Waals surface area contributed by atoms with Crippen LogP contribution in [0.25, 0.3) is 10.7 Å². The summed E-state index contributed by atoms with van der Waals surface area (Å²) in [6.45, 7) is 1.89. The fraction of sp³-hybridized carbons (Fsp3) is 0.182. The number of aliphatic carboxylic acids is 1. The minimum atomic E-state index is -1.08. The lowest BCUT2D eigenvalue weighted by atomic mass is 10.2. The summed E-state index contributed by atoms with van der Waals surface area (Å²) in [6.07, 6.45) is 0. The molecule has 6 heteroatoms. The number of aryl methyl sites for hydroxylation is 1. The van der Waals surface area contributed by atoms with Crippen LogP contribution in [-0.4, -0.2) is 21.0 Å². The molecule has 1 unspecified atom stereocenters. The van der Waals surface area contributed by atoms with E-state index in [9.17, 15) is 4.79 Å². The van der Waals surface area contributed by atoms with E-state index in [-0.39, 0.29) is 0 Å². The molecule has 0 aliphatic rings. The number of hydrogen-bond donors (Lipinski definition) is 2. The summed E-state index contributed by atoms with van der Waals surface area (Å²) in [5.74, 6) is -1.08. The Morgan fingerprint density at radius 1 is 1.47 bits per heavy atom. The van der Waals surface area contributed by atoms with E-state index in [1.54, 1.807) is 5.38 Å². The highest BCUT2D eigenvalue weighted by Gasteiger charge is 2.18. The van der Waals surface area contributed by atoms with Crippen molar-refractivity contribution in [2.24, 2.45) is 5.73 Å². The van der Waals surface area contributed by atoms with Crippen molar-refractivity contribution in [2.75, 3.05) is 0 Å². The molecule has 0 fully saturated rings. The molecular formula is C11H11N3O2S. The van der Waals surface area contributed by atoms with E-state index in [4.69, 9.17) is 10.8 Å². The smallest absolute Gasteiger partial charge is 0.326 e. The summed E-state index contributed by atoms with van der Waals surface area (Å²) in [5, 5.41) is 11.1. The van der Waals surface area contributed by atoms with Gasteiger partial charge >= 0.3 is 5.97 Å². The Bertz CT molecular complexity index is 553. The first-order valence-corrected chi connectivity index (χ1v) is 5.84. The largest absolute Gasteiger partial charge is 0.480 e. The van der Waals surface area contributed by atoms with Crippen LogP contribution in [0.5, 0.6) is 0 Å². The van der Waals surface area contributed by atoms with Crippen LogP contribution in [0.4, 0.5) is 0 Å². The second-order valence-corrected chi connectivity index (χ2v) is 4.42. The number of carbonyl (C=O) groups is 1. The first kappa shape index (κ1) is 11.7. The van der Waals surface area contributed by atoms with Crippen LogP contribution in [0.15, 0.2) is 23.6 Å². The van der Waals surface area contributed by atoms with Crippen LogP contribution in [0, 0.1) is 6.92 Å². The Hall–Kier alpha value is -1.79. The number of aromatic nitrogens is 2. The van der Waals surface area contributed by atoms with Crippen LogP contribution >= 0.6 is 11.3 Å². The number of pyridine rings is 1. The Kier molecular flexibility index (Phi) is 3.16. The minimum Gasteiger partial charge on any atom is -0.480 e. The Labute approximate surface area is 102 Å². The molecule has 5 nitrogen and oxygen atoms in total. The van der Waals surface area contributed by atoms with Crippen molar-refractivity contribution < 1.29 is 9.90 Å². The first-order valence-electron chi connectivity index (χ1n) is 4.96. The Balaban J connectivity index is 2.33. The van der Waals surface area contributed by atoms with Crippen LogP contribution in [0.1, 0.15) is 17.4 Å². The molecule has 0 amide bonds. The van der Waals surface area contributed by atoms with Gasteiger partial charge in [0.2, 0.25) is 0 Å². The fourth-order valence-electron chi connectivity index (χ4n) is 1.34. The minimum absolute atomic E-state index is 0.362. The van der Waals surface area contributed by atoms with Crippen molar-refractivity contribution in [2.45, 2.75) is 13.0 Å². The summed E-state index contributed by atoms with van der Waals surface area (Å²) < 4.78 is 0. The third-order valence-corrected chi connectivity index (χ3v) is 3.10. The van der Waals surface area contributed by atoms with Gasteiger partial charge in [-0.05, 0) is 19.1 Å². The van der Waals surface area contributed by atoms with Gasteiger partial charge in [-0.15, -0.1) is 11.3 Å². The first-order chi connectivity index (χ1) is 8.08. The third-order valence-electron chi connectivity index (χ3n) is 2.21. The van der Waals surface area contributed by atoms with E-state index in [2.05, 4.69) is 9.97 Å². The molecular weight excluding hydrogens is 238 g/mol. The molecule has 2 rings (SSSR count). The molecule has 3 N–H and O–H groups in total. The summed E-state index contributed by atoms with van der Waals surface area (Å²) >= 11 is 1.34. The quantitative estimate of drug-likeness (QED) is 0.862. The molecule has 0 aliphatic carbocycles. The molecule has 0 aromatic carbocycles. The van der Waals surface area contributed by atoms with Gasteiger partial charge in [-0.25, -0.2) is 4.98 Å². The van der Waals surface area contributed by atoms with Gasteiger partial charge in [0.25, 0.3) is 0 Å². The van der Waals surface area contributed by atoms with Crippen LogP contribution in [0.3, 0.4) is 0 Å². The van der Waals surface area contributed by atoms with Crippen LogP contribution in [0.2, 0.25) is 0 Å². The highest BCUT2D eigenvalue weighted by atomic mass is 32.1. The van der Waals surface area contributed by atoms with Crippen molar-refractivity contribution >= 4 is 17.3 Å². The van der Waals surface area contributed by atoms with Gasteiger partial charge in [-0.1, -0.05) is 6.07 Å². The maximum Gasteiger partial charge on any atom is 0.326 e. The molecule has 2 heterocycles. The van der Waals surface area contributed by atoms with Crippen molar-refractivity contribution in [1.29, 1.82) is 0 Å². The summed E-state index contributed by atoms with van der Waals surface area (Å²) in [7, 11) is 0. The zero-order valence-electron chi connectivity index (χ0n) is 9.12. The van der Waals surface area contributed by atoms with E-state index >= 15 is 0 Å². The maximum atomic E-state index is 10.7. The molecule has 2 aromatic heterocycles. The van der Waals surface area contributed by atoms with Crippen molar-refractivity contribution in [3.63, 3.8) is 0 Å². The standard InChI is InChI=1S/C11H11N3O2S/c1-6-3-2-4-7(13-6)10-14-8(5-17-10)9(12)11(15)16/h2-5,9H,12H2,1H3,(H,15,16). The van der Waals surface area contributed by atoms with Gasteiger partial charge in [0.15, 0.2) is 0 Å². The highest BCUT2D eigenvalue weighted by molar-refractivity contribution is 7.13. The highest BCUT2D eigenvalue weighted by Crippen LogP contribution is 2.24. The third kappa shape index (κ3) is 2.48. The normalized spacial score (nSPS) is 12.4. The number of nitrogens with zero attached hydrogens (tertiary/aromatic N) is 2. The maximum absolute atomic E-state index is 10.7. The second kappa shape index (κ2) is 4.60. The van der Waals surface area contributed by atoms with Crippen molar-refractivity contribution in [3.8, 4) is 10.7 Å². The molecule has 0 saturated carbocycles. The van der Waals surface area contributed by atoms with Gasteiger partial charge in [0.05, 0.1) is 11.4 Å². The molecule has 17 heavy (non-hydrogen) atoms. The van der Waals surface area contributed by atoms with Crippen molar-refractivity contribution in [1.82, 2.24) is 9.97 Å². The summed E-state index contributed by atoms with van der Waals surface area (Å²) in [6, 6.07) is 4.53. The molecule has 0 radical (unpaired) electrons. The molecule has 0 spiro atoms. The number of carboxylic acid groups (broad SMARTS) is 1. The number of nitrogens with two attached hydrogens (primary N) is 1. The summed E-state index contributed by atoms with van der Waals surface area (Å²) in [5.41, 5.74) is 7.47. The van der Waals surface area contributed by atoms with Gasteiger partial charge in [0.1, 0.15) is 11.0 Å². The number of thiazole rings is 1. The zero-order chi connectivity index (χ0) is 12.4. The zero-order valence-corrected chi connectivity index (χ0v) is 9.94. The Morgan fingerprint density at radius 2 is 2.24 bits per heavy atom. The SMILES string of the molecule is Cc1cccc(-c2nc(C(N)C(=O)O)cs2)n1. The lowest BCUT2D eigenvalue weighted by Crippen LogP contribution is -2.20. The predicted molar refractivity (Wildman–Crippen MR) is 64.6 cm³/mol. The monoisotopic (exact) mass is 249 g/mol.